The Hall–Kier alpha value is -2.21. The molecule has 0 saturated carbocycles. The second-order valence-electron chi connectivity index (χ2n) is 5.08. The molecule has 1 aliphatic heterocycles. The van der Waals surface area contributed by atoms with Crippen molar-refractivity contribution in [3.05, 3.63) is 35.4 Å². The van der Waals surface area contributed by atoms with Crippen molar-refractivity contribution in [3.8, 4) is 0 Å². The zero-order chi connectivity index (χ0) is 14.2. The molecule has 0 atom stereocenters. The van der Waals surface area contributed by atoms with Crippen LogP contribution in [-0.2, 0) is 9.63 Å². The fourth-order valence-corrected chi connectivity index (χ4v) is 1.75. The minimum absolute atomic E-state index is 0.261. The molecule has 0 spiro atoms. The summed E-state index contributed by atoms with van der Waals surface area (Å²) in [4.78, 5) is 40.6. The lowest BCUT2D eigenvalue weighted by molar-refractivity contribution is -0.270. The van der Waals surface area contributed by atoms with Gasteiger partial charge in [0, 0.05) is 0 Å². The van der Waals surface area contributed by atoms with Crippen LogP contribution in [0.4, 0.5) is 0 Å². The molecule has 6 heteroatoms. The van der Waals surface area contributed by atoms with Gasteiger partial charge in [0.15, 0.2) is 0 Å². The molecule has 0 aliphatic carbocycles. The van der Waals surface area contributed by atoms with Crippen molar-refractivity contribution in [1.29, 1.82) is 0 Å². The quantitative estimate of drug-likeness (QED) is 0.469. The monoisotopic (exact) mass is 262 g/mol. The van der Waals surface area contributed by atoms with Gasteiger partial charge in [0.1, 0.15) is 0 Å². The van der Waals surface area contributed by atoms with Crippen LogP contribution in [0.5, 0.6) is 0 Å². The number of hydrogen-bond donors (Lipinski definition) is 0. The Labute approximate surface area is 110 Å². The van der Waals surface area contributed by atoms with Gasteiger partial charge in [-0.3, -0.25) is 14.4 Å². The predicted molar refractivity (Wildman–Crippen MR) is 65.7 cm³/mol. The number of carbonyl (C=O) groups is 3. The molecule has 0 unspecified atom stereocenters. The van der Waals surface area contributed by atoms with E-state index in [1.165, 1.54) is 12.1 Å². The molecule has 1 aliphatic rings. The van der Waals surface area contributed by atoms with Crippen molar-refractivity contribution in [3.63, 3.8) is 0 Å². The Kier molecular flexibility index (Phi) is 3.11. The van der Waals surface area contributed by atoms with Gasteiger partial charge in [0.05, 0.1) is 16.7 Å². The highest BCUT2D eigenvalue weighted by atomic mass is 16.7. The third kappa shape index (κ3) is 2.34. The number of hydrazine groups is 1. The Bertz CT molecular complexity index is 513. The zero-order valence-corrected chi connectivity index (χ0v) is 10.9. The third-order valence-electron chi connectivity index (χ3n) is 2.43. The van der Waals surface area contributed by atoms with Gasteiger partial charge in [-0.2, -0.15) is 5.01 Å². The predicted octanol–water partition coefficient (Wildman–Crippen LogP) is 1.39. The van der Waals surface area contributed by atoms with Gasteiger partial charge in [-0.05, 0) is 32.9 Å². The molecule has 0 aromatic heterocycles. The molecular weight excluding hydrogens is 248 g/mol. The van der Waals surface area contributed by atoms with Crippen LogP contribution in [0.1, 0.15) is 41.5 Å². The van der Waals surface area contributed by atoms with Gasteiger partial charge in [-0.15, -0.1) is 5.17 Å². The first-order valence-electron chi connectivity index (χ1n) is 5.76. The summed E-state index contributed by atoms with van der Waals surface area (Å²) in [6, 6.07) is 6.39. The SMILES string of the molecule is CC(C)(C)ON(C=O)N1C(=O)c2ccccc2C1=O. The lowest BCUT2D eigenvalue weighted by atomic mass is 10.1. The average Bonchev–Trinajstić information content (AvgIpc) is 2.59. The van der Waals surface area contributed by atoms with E-state index in [9.17, 15) is 14.4 Å². The van der Waals surface area contributed by atoms with Crippen LogP contribution < -0.4 is 0 Å². The minimum atomic E-state index is -0.712. The molecule has 0 fully saturated rings. The topological polar surface area (TPSA) is 66.9 Å². The molecule has 0 bridgehead atoms. The Morgan fingerprint density at radius 2 is 1.58 bits per heavy atom. The van der Waals surface area contributed by atoms with Gasteiger partial charge < -0.3 is 0 Å². The summed E-state index contributed by atoms with van der Waals surface area (Å²) in [7, 11) is 0. The van der Waals surface area contributed by atoms with Crippen molar-refractivity contribution in [2.45, 2.75) is 26.4 Å². The maximum Gasteiger partial charge on any atom is 0.282 e. The Balaban J connectivity index is 2.35. The van der Waals surface area contributed by atoms with E-state index in [0.717, 1.165) is 0 Å². The van der Waals surface area contributed by atoms with Gasteiger partial charge in [0.25, 0.3) is 18.2 Å². The zero-order valence-electron chi connectivity index (χ0n) is 10.9. The van der Waals surface area contributed by atoms with E-state index >= 15 is 0 Å². The summed E-state index contributed by atoms with van der Waals surface area (Å²) in [5, 5.41) is 1.34. The molecule has 6 nitrogen and oxygen atoms in total. The molecule has 19 heavy (non-hydrogen) atoms. The average molecular weight is 262 g/mol. The minimum Gasteiger partial charge on any atom is -0.274 e. The number of amides is 3. The van der Waals surface area contributed by atoms with Crippen LogP contribution in [0, 0.1) is 0 Å². The standard InChI is InChI=1S/C13H14N2O4/c1-13(2,3)19-14(8-16)15-11(17)9-6-4-5-7-10(9)12(15)18/h4-8H,1-3H3. The second-order valence-corrected chi connectivity index (χ2v) is 5.08. The van der Waals surface area contributed by atoms with E-state index in [4.69, 9.17) is 4.84 Å². The second kappa shape index (κ2) is 4.47. The van der Waals surface area contributed by atoms with Crippen molar-refractivity contribution in [2.75, 3.05) is 0 Å². The van der Waals surface area contributed by atoms with Crippen LogP contribution in [-0.4, -0.2) is 34.0 Å². The van der Waals surface area contributed by atoms with E-state index in [1.54, 1.807) is 32.9 Å². The highest BCUT2D eigenvalue weighted by Gasteiger charge is 2.40. The van der Waals surface area contributed by atoms with Gasteiger partial charge in [-0.25, -0.2) is 4.84 Å². The fourth-order valence-electron chi connectivity index (χ4n) is 1.75. The number of hydrogen-bond acceptors (Lipinski definition) is 4. The number of hydroxylamine groups is 1. The maximum absolute atomic E-state index is 12.1. The number of benzene rings is 1. The van der Waals surface area contributed by atoms with Crippen LogP contribution in [0.15, 0.2) is 24.3 Å². The van der Waals surface area contributed by atoms with Crippen molar-refractivity contribution in [1.82, 2.24) is 10.2 Å². The Morgan fingerprint density at radius 3 is 1.95 bits per heavy atom. The van der Waals surface area contributed by atoms with Crippen LogP contribution in [0.3, 0.4) is 0 Å². The molecular formula is C13H14N2O4. The molecule has 1 aromatic carbocycles. The van der Waals surface area contributed by atoms with E-state index < -0.39 is 17.4 Å². The van der Waals surface area contributed by atoms with Gasteiger partial charge in [-0.1, -0.05) is 12.1 Å². The molecule has 1 heterocycles. The maximum atomic E-state index is 12.1. The van der Waals surface area contributed by atoms with E-state index in [-0.39, 0.29) is 11.1 Å². The van der Waals surface area contributed by atoms with Crippen LogP contribution in [0.2, 0.25) is 0 Å². The lowest BCUT2D eigenvalue weighted by Crippen LogP contribution is -2.48. The summed E-state index contributed by atoms with van der Waals surface area (Å²) in [6.45, 7) is 5.13. The molecule has 0 radical (unpaired) electrons. The molecule has 0 N–H and O–H groups in total. The smallest absolute Gasteiger partial charge is 0.274 e. The highest BCUT2D eigenvalue weighted by Crippen LogP contribution is 2.25. The first-order valence-corrected chi connectivity index (χ1v) is 5.76. The first-order chi connectivity index (χ1) is 8.85. The van der Waals surface area contributed by atoms with E-state index in [0.29, 0.717) is 16.6 Å². The van der Waals surface area contributed by atoms with Crippen molar-refractivity contribution >= 4 is 18.2 Å². The van der Waals surface area contributed by atoms with Crippen LogP contribution in [0.25, 0.3) is 0 Å². The number of nitrogens with zero attached hydrogens (tertiary/aromatic N) is 2. The fraction of sp³-hybridized carbons (Fsp3) is 0.308. The number of fused-ring (bicyclic) bond motifs is 1. The number of rotatable bonds is 3. The van der Waals surface area contributed by atoms with Gasteiger partial charge >= 0.3 is 0 Å². The van der Waals surface area contributed by atoms with Crippen molar-refractivity contribution in [2.24, 2.45) is 0 Å². The first kappa shape index (κ1) is 13.2. The normalized spacial score (nSPS) is 14.6. The lowest BCUT2D eigenvalue weighted by Gasteiger charge is -2.30. The van der Waals surface area contributed by atoms with Crippen molar-refractivity contribution < 1.29 is 19.2 Å². The molecule has 100 valence electrons. The number of imide groups is 1. The largest absolute Gasteiger partial charge is 0.282 e. The molecule has 1 aromatic rings. The van der Waals surface area contributed by atoms with Crippen LogP contribution >= 0.6 is 0 Å². The Morgan fingerprint density at radius 1 is 1.11 bits per heavy atom. The van der Waals surface area contributed by atoms with E-state index in [1.807, 2.05) is 0 Å². The molecule has 3 amide bonds. The molecule has 2 rings (SSSR count). The summed E-state index contributed by atoms with van der Waals surface area (Å²) >= 11 is 0. The summed E-state index contributed by atoms with van der Waals surface area (Å²) in [5.74, 6) is -1.14. The van der Waals surface area contributed by atoms with Gasteiger partial charge in [0.2, 0.25) is 0 Å². The molecule has 0 saturated heterocycles. The number of carbonyl (C=O) groups excluding carboxylic acids is 3. The van der Waals surface area contributed by atoms with E-state index in [2.05, 4.69) is 0 Å². The highest BCUT2D eigenvalue weighted by molar-refractivity contribution is 6.21. The summed E-state index contributed by atoms with van der Waals surface area (Å²) in [6.07, 6.45) is 0.299. The summed E-state index contributed by atoms with van der Waals surface area (Å²) in [5.41, 5.74) is -0.190. The summed E-state index contributed by atoms with van der Waals surface area (Å²) < 4.78 is 0. The third-order valence-corrected chi connectivity index (χ3v) is 2.43.